The van der Waals surface area contributed by atoms with Gasteiger partial charge in [-0.1, -0.05) is 23.2 Å². The topological polar surface area (TPSA) is 88.2 Å². The molecule has 0 saturated heterocycles. The first-order valence-corrected chi connectivity index (χ1v) is 8.86. The lowest BCUT2D eigenvalue weighted by Gasteiger charge is -2.12. The highest BCUT2D eigenvalue weighted by molar-refractivity contribution is 6.36. The van der Waals surface area contributed by atoms with E-state index in [2.05, 4.69) is 25.6 Å². The van der Waals surface area contributed by atoms with Crippen LogP contribution >= 0.6 is 23.2 Å². The predicted octanol–water partition coefficient (Wildman–Crippen LogP) is 3.57. The van der Waals surface area contributed by atoms with Crippen molar-refractivity contribution < 1.29 is 0 Å². The number of aryl methyl sites for hydroxylation is 1. The highest BCUT2D eigenvalue weighted by Gasteiger charge is 2.12. The third kappa shape index (κ3) is 5.34. The van der Waals surface area contributed by atoms with Crippen molar-refractivity contribution in [2.45, 2.75) is 13.8 Å². The van der Waals surface area contributed by atoms with Gasteiger partial charge >= 0.3 is 0 Å². The summed E-state index contributed by atoms with van der Waals surface area (Å²) in [5.74, 6) is 1.76. The minimum atomic E-state index is 0.463. The van der Waals surface area contributed by atoms with E-state index in [9.17, 15) is 0 Å². The Labute approximate surface area is 163 Å². The SMILES string of the molecule is CNC=CC(N)=NCCNc1nc(-c2ccc(Cl)cc2Cl)nc(C)c1C. The van der Waals surface area contributed by atoms with Gasteiger partial charge in [-0.2, -0.15) is 0 Å². The number of hydrogen-bond donors (Lipinski definition) is 3. The van der Waals surface area contributed by atoms with E-state index in [1.165, 1.54) is 0 Å². The third-order valence-corrected chi connectivity index (χ3v) is 4.23. The fraction of sp³-hybridized carbons (Fsp3) is 0.278. The molecule has 0 unspecified atom stereocenters. The van der Waals surface area contributed by atoms with E-state index in [4.69, 9.17) is 28.9 Å². The van der Waals surface area contributed by atoms with Gasteiger partial charge in [-0.25, -0.2) is 9.97 Å². The van der Waals surface area contributed by atoms with Gasteiger partial charge < -0.3 is 16.4 Å². The molecule has 0 atom stereocenters. The Hall–Kier alpha value is -2.31. The molecule has 1 heterocycles. The van der Waals surface area contributed by atoms with Crippen molar-refractivity contribution >= 4 is 34.9 Å². The molecular weight excluding hydrogens is 371 g/mol. The molecule has 2 rings (SSSR count). The molecule has 8 heteroatoms. The van der Waals surface area contributed by atoms with Gasteiger partial charge in [0.25, 0.3) is 0 Å². The van der Waals surface area contributed by atoms with Crippen LogP contribution in [0.4, 0.5) is 5.82 Å². The molecule has 6 nitrogen and oxygen atoms in total. The highest BCUT2D eigenvalue weighted by Crippen LogP contribution is 2.29. The lowest BCUT2D eigenvalue weighted by molar-refractivity contribution is 0.986. The van der Waals surface area contributed by atoms with Crippen molar-refractivity contribution in [3.8, 4) is 11.4 Å². The average Bonchev–Trinajstić information content (AvgIpc) is 2.60. The number of aliphatic imine (C=N–C) groups is 1. The van der Waals surface area contributed by atoms with Crippen LogP contribution in [0.3, 0.4) is 0 Å². The van der Waals surface area contributed by atoms with E-state index < -0.39 is 0 Å². The van der Waals surface area contributed by atoms with Crippen LogP contribution in [0.1, 0.15) is 11.3 Å². The number of aromatic nitrogens is 2. The van der Waals surface area contributed by atoms with Crippen LogP contribution in [0.2, 0.25) is 10.0 Å². The number of benzene rings is 1. The van der Waals surface area contributed by atoms with Gasteiger partial charge in [0.15, 0.2) is 5.82 Å². The number of amidine groups is 1. The number of hydrogen-bond acceptors (Lipinski definition) is 5. The normalized spacial score (nSPS) is 11.8. The van der Waals surface area contributed by atoms with Crippen LogP contribution in [0.5, 0.6) is 0 Å². The van der Waals surface area contributed by atoms with Crippen LogP contribution < -0.4 is 16.4 Å². The Bertz CT molecular complexity index is 833. The van der Waals surface area contributed by atoms with Crippen LogP contribution in [-0.2, 0) is 0 Å². The van der Waals surface area contributed by atoms with Gasteiger partial charge in [0.1, 0.15) is 11.7 Å². The number of nitrogens with one attached hydrogen (secondary N) is 2. The monoisotopic (exact) mass is 392 g/mol. The van der Waals surface area contributed by atoms with Crippen molar-refractivity contribution in [2.24, 2.45) is 10.7 Å². The summed E-state index contributed by atoms with van der Waals surface area (Å²) in [6.07, 6.45) is 3.44. The highest BCUT2D eigenvalue weighted by atomic mass is 35.5. The second kappa shape index (κ2) is 9.40. The molecule has 138 valence electrons. The zero-order valence-corrected chi connectivity index (χ0v) is 16.5. The van der Waals surface area contributed by atoms with Crippen molar-refractivity contribution in [3.63, 3.8) is 0 Å². The molecule has 0 aliphatic heterocycles. The molecule has 0 spiro atoms. The van der Waals surface area contributed by atoms with E-state index >= 15 is 0 Å². The predicted molar refractivity (Wildman–Crippen MR) is 110 cm³/mol. The fourth-order valence-electron chi connectivity index (χ4n) is 2.17. The Morgan fingerprint density at radius 2 is 2.04 bits per heavy atom. The Balaban J connectivity index is 2.16. The van der Waals surface area contributed by atoms with E-state index in [1.54, 1.807) is 31.5 Å². The van der Waals surface area contributed by atoms with Gasteiger partial charge in [0.05, 0.1) is 11.6 Å². The number of nitrogens with two attached hydrogens (primary N) is 1. The Morgan fingerprint density at radius 1 is 1.27 bits per heavy atom. The second-order valence-electron chi connectivity index (χ2n) is 5.59. The summed E-state index contributed by atoms with van der Waals surface area (Å²) < 4.78 is 0. The van der Waals surface area contributed by atoms with Crippen LogP contribution in [0.15, 0.2) is 35.5 Å². The number of rotatable bonds is 7. The molecule has 4 N–H and O–H groups in total. The van der Waals surface area contributed by atoms with Crippen LogP contribution in [0, 0.1) is 13.8 Å². The summed E-state index contributed by atoms with van der Waals surface area (Å²) in [6, 6.07) is 5.27. The smallest absolute Gasteiger partial charge is 0.163 e. The second-order valence-corrected chi connectivity index (χ2v) is 6.43. The first-order chi connectivity index (χ1) is 12.4. The van der Waals surface area contributed by atoms with Crippen molar-refractivity contribution in [1.82, 2.24) is 15.3 Å². The quantitative estimate of drug-likeness (QED) is 0.380. The molecule has 0 aliphatic carbocycles. The van der Waals surface area contributed by atoms with E-state index in [0.717, 1.165) is 22.6 Å². The number of nitrogens with zero attached hydrogens (tertiary/aromatic N) is 3. The van der Waals surface area contributed by atoms with E-state index in [-0.39, 0.29) is 0 Å². The number of anilines is 1. The van der Waals surface area contributed by atoms with Gasteiger partial charge in [-0.3, -0.25) is 4.99 Å². The summed E-state index contributed by atoms with van der Waals surface area (Å²) in [4.78, 5) is 13.4. The molecular formula is C18H22Cl2N6. The standard InChI is InChI=1S/C18H22Cl2N6/c1-11-12(2)25-18(14-5-4-13(19)10-15(14)20)26-17(11)24-9-8-23-16(21)6-7-22-3/h4-7,10,22H,8-9H2,1-3H3,(H2,21,23)(H,24,25,26). The average molecular weight is 393 g/mol. The summed E-state index contributed by atoms with van der Waals surface area (Å²) in [6.45, 7) is 5.03. The third-order valence-electron chi connectivity index (χ3n) is 3.68. The Kier molecular flexibility index (Phi) is 7.24. The molecule has 0 saturated carbocycles. The van der Waals surface area contributed by atoms with E-state index in [1.807, 2.05) is 19.9 Å². The van der Waals surface area contributed by atoms with Gasteiger partial charge in [0, 0.05) is 35.4 Å². The maximum atomic E-state index is 6.28. The molecule has 0 radical (unpaired) electrons. The minimum absolute atomic E-state index is 0.463. The first kappa shape index (κ1) is 20.0. The minimum Gasteiger partial charge on any atom is -0.394 e. The zero-order chi connectivity index (χ0) is 19.1. The lowest BCUT2D eigenvalue weighted by atomic mass is 10.2. The molecule has 1 aromatic carbocycles. The maximum absolute atomic E-state index is 6.28. The maximum Gasteiger partial charge on any atom is 0.163 e. The van der Waals surface area contributed by atoms with Crippen LogP contribution in [0.25, 0.3) is 11.4 Å². The van der Waals surface area contributed by atoms with Gasteiger partial charge in [-0.05, 0) is 44.3 Å². The van der Waals surface area contributed by atoms with E-state index in [0.29, 0.717) is 34.8 Å². The summed E-state index contributed by atoms with van der Waals surface area (Å²) >= 11 is 12.2. The molecule has 0 amide bonds. The molecule has 0 bridgehead atoms. The molecule has 0 aliphatic rings. The number of halogens is 2. The molecule has 26 heavy (non-hydrogen) atoms. The van der Waals surface area contributed by atoms with Crippen molar-refractivity contribution in [1.29, 1.82) is 0 Å². The molecule has 2 aromatic rings. The molecule has 1 aromatic heterocycles. The first-order valence-electron chi connectivity index (χ1n) is 8.10. The lowest BCUT2D eigenvalue weighted by Crippen LogP contribution is -2.14. The van der Waals surface area contributed by atoms with Crippen molar-refractivity contribution in [3.05, 3.63) is 51.8 Å². The molecule has 0 fully saturated rings. The fourth-order valence-corrected chi connectivity index (χ4v) is 2.67. The van der Waals surface area contributed by atoms with Gasteiger partial charge in [0.2, 0.25) is 0 Å². The van der Waals surface area contributed by atoms with Crippen molar-refractivity contribution in [2.75, 3.05) is 25.5 Å². The summed E-state index contributed by atoms with van der Waals surface area (Å²) in [7, 11) is 1.80. The summed E-state index contributed by atoms with van der Waals surface area (Å²) in [5.41, 5.74) is 8.36. The summed E-state index contributed by atoms with van der Waals surface area (Å²) in [5, 5.41) is 7.24. The largest absolute Gasteiger partial charge is 0.394 e. The zero-order valence-electron chi connectivity index (χ0n) is 15.0. The van der Waals surface area contributed by atoms with Gasteiger partial charge in [-0.15, -0.1) is 0 Å². The van der Waals surface area contributed by atoms with Crippen LogP contribution in [-0.4, -0.2) is 35.9 Å². The Morgan fingerprint density at radius 3 is 2.73 bits per heavy atom.